The van der Waals surface area contributed by atoms with Crippen LogP contribution in [0.2, 0.25) is 0 Å². The molecular formula is C14H23BrN2O. The number of rotatable bonds is 4. The highest BCUT2D eigenvalue weighted by molar-refractivity contribution is 9.10. The Labute approximate surface area is 118 Å². The van der Waals surface area contributed by atoms with E-state index in [2.05, 4.69) is 41.8 Å². The maximum atomic E-state index is 10.6. The zero-order valence-corrected chi connectivity index (χ0v) is 13.0. The zero-order valence-electron chi connectivity index (χ0n) is 11.4. The summed E-state index contributed by atoms with van der Waals surface area (Å²) in [4.78, 5) is 0. The van der Waals surface area contributed by atoms with Gasteiger partial charge in [-0.3, -0.25) is 4.68 Å². The number of hydrogen-bond acceptors (Lipinski definition) is 2. The van der Waals surface area contributed by atoms with Gasteiger partial charge in [0.2, 0.25) is 0 Å². The van der Waals surface area contributed by atoms with E-state index in [0.717, 1.165) is 28.9 Å². The summed E-state index contributed by atoms with van der Waals surface area (Å²) in [5, 5.41) is 15.0. The van der Waals surface area contributed by atoms with Crippen LogP contribution in [0.1, 0.15) is 64.3 Å². The van der Waals surface area contributed by atoms with Crippen LogP contribution in [0.15, 0.2) is 10.7 Å². The van der Waals surface area contributed by atoms with E-state index in [0.29, 0.717) is 5.92 Å². The smallest absolute Gasteiger partial charge is 0.0996 e. The molecule has 1 aliphatic rings. The Morgan fingerprint density at radius 2 is 2.22 bits per heavy atom. The summed E-state index contributed by atoms with van der Waals surface area (Å²) in [6, 6.07) is 0.282. The van der Waals surface area contributed by atoms with Gasteiger partial charge >= 0.3 is 0 Å². The average molecular weight is 315 g/mol. The second kappa shape index (κ2) is 5.74. The van der Waals surface area contributed by atoms with Crippen LogP contribution in [0.5, 0.6) is 0 Å². The SMILES string of the molecule is CCC1CCC(C(O)c2c(Br)cnn2C(C)C)C1. The first kappa shape index (κ1) is 14.1. The fraction of sp³-hybridized carbons (Fsp3) is 0.786. The van der Waals surface area contributed by atoms with Crippen molar-refractivity contribution < 1.29 is 5.11 Å². The molecule has 1 aromatic rings. The molecule has 1 saturated carbocycles. The molecule has 1 heterocycles. The van der Waals surface area contributed by atoms with Gasteiger partial charge in [-0.1, -0.05) is 19.8 Å². The largest absolute Gasteiger partial charge is 0.386 e. The predicted octanol–water partition coefficient (Wildman–Crippen LogP) is 4.09. The van der Waals surface area contributed by atoms with Crippen molar-refractivity contribution in [1.29, 1.82) is 0 Å². The summed E-state index contributed by atoms with van der Waals surface area (Å²) >= 11 is 3.52. The van der Waals surface area contributed by atoms with E-state index in [9.17, 15) is 5.11 Å². The minimum Gasteiger partial charge on any atom is -0.386 e. The second-order valence-electron chi connectivity index (χ2n) is 5.71. The molecule has 0 spiro atoms. The topological polar surface area (TPSA) is 38.1 Å². The Balaban J connectivity index is 2.18. The summed E-state index contributed by atoms with van der Waals surface area (Å²) < 4.78 is 2.87. The first-order chi connectivity index (χ1) is 8.54. The number of aromatic nitrogens is 2. The maximum Gasteiger partial charge on any atom is 0.0996 e. The van der Waals surface area contributed by atoms with Crippen LogP contribution in [0.3, 0.4) is 0 Å². The van der Waals surface area contributed by atoms with E-state index >= 15 is 0 Å². The molecule has 3 atom stereocenters. The lowest BCUT2D eigenvalue weighted by Crippen LogP contribution is -2.17. The van der Waals surface area contributed by atoms with Crippen LogP contribution in [0.25, 0.3) is 0 Å². The Morgan fingerprint density at radius 3 is 2.78 bits per heavy atom. The highest BCUT2D eigenvalue weighted by Gasteiger charge is 2.33. The Morgan fingerprint density at radius 1 is 1.50 bits per heavy atom. The van der Waals surface area contributed by atoms with Crippen molar-refractivity contribution in [3.05, 3.63) is 16.4 Å². The number of nitrogens with zero attached hydrogens (tertiary/aromatic N) is 2. The monoisotopic (exact) mass is 314 g/mol. The van der Waals surface area contributed by atoms with Crippen molar-refractivity contribution >= 4 is 15.9 Å². The Hall–Kier alpha value is -0.350. The van der Waals surface area contributed by atoms with Crippen molar-refractivity contribution in [3.8, 4) is 0 Å². The lowest BCUT2D eigenvalue weighted by atomic mass is 9.95. The van der Waals surface area contributed by atoms with Gasteiger partial charge < -0.3 is 5.11 Å². The molecule has 0 aromatic carbocycles. The first-order valence-electron chi connectivity index (χ1n) is 6.95. The molecule has 4 heteroatoms. The third-order valence-corrected chi connectivity index (χ3v) is 4.77. The molecule has 3 nitrogen and oxygen atoms in total. The van der Waals surface area contributed by atoms with E-state index in [-0.39, 0.29) is 12.1 Å². The average Bonchev–Trinajstić information content (AvgIpc) is 2.94. The van der Waals surface area contributed by atoms with E-state index in [1.165, 1.54) is 12.8 Å². The summed E-state index contributed by atoms with van der Waals surface area (Å²) in [7, 11) is 0. The molecule has 0 saturated heterocycles. The van der Waals surface area contributed by atoms with Crippen molar-refractivity contribution in [2.45, 2.75) is 58.6 Å². The number of halogens is 1. The quantitative estimate of drug-likeness (QED) is 0.909. The van der Waals surface area contributed by atoms with Gasteiger partial charge in [-0.15, -0.1) is 0 Å². The van der Waals surface area contributed by atoms with Crippen molar-refractivity contribution in [2.24, 2.45) is 11.8 Å². The van der Waals surface area contributed by atoms with Crippen LogP contribution in [-0.2, 0) is 0 Å². The van der Waals surface area contributed by atoms with Crippen LogP contribution < -0.4 is 0 Å². The number of hydrogen-bond donors (Lipinski definition) is 1. The number of aliphatic hydroxyl groups excluding tert-OH is 1. The van der Waals surface area contributed by atoms with Gasteiger partial charge in [-0.25, -0.2) is 0 Å². The van der Waals surface area contributed by atoms with E-state index in [4.69, 9.17) is 0 Å². The molecule has 2 rings (SSSR count). The Kier molecular flexibility index (Phi) is 4.49. The van der Waals surface area contributed by atoms with Gasteiger partial charge in [-0.2, -0.15) is 5.10 Å². The molecule has 0 bridgehead atoms. The van der Waals surface area contributed by atoms with Crippen LogP contribution >= 0.6 is 15.9 Å². The highest BCUT2D eigenvalue weighted by Crippen LogP contribution is 2.42. The van der Waals surface area contributed by atoms with Gasteiger partial charge in [0.25, 0.3) is 0 Å². The molecule has 0 radical (unpaired) electrons. The molecule has 18 heavy (non-hydrogen) atoms. The Bertz CT molecular complexity index is 402. The molecule has 1 fully saturated rings. The molecule has 0 amide bonds. The van der Waals surface area contributed by atoms with Gasteiger partial charge in [0.05, 0.1) is 22.5 Å². The normalized spacial score (nSPS) is 25.9. The zero-order chi connectivity index (χ0) is 13.3. The minimum atomic E-state index is -0.388. The maximum absolute atomic E-state index is 10.6. The van der Waals surface area contributed by atoms with Crippen LogP contribution in [-0.4, -0.2) is 14.9 Å². The summed E-state index contributed by atoms with van der Waals surface area (Å²) in [6.07, 6.45) is 6.17. The highest BCUT2D eigenvalue weighted by atomic mass is 79.9. The number of aliphatic hydroxyl groups is 1. The fourth-order valence-corrected chi connectivity index (χ4v) is 3.54. The lowest BCUT2D eigenvalue weighted by molar-refractivity contribution is 0.0975. The standard InChI is InChI=1S/C14H23BrN2O/c1-4-10-5-6-11(7-10)14(18)13-12(15)8-16-17(13)9(2)3/h8-11,14,18H,4-7H2,1-3H3. The fourth-order valence-electron chi connectivity index (χ4n) is 3.03. The molecular weight excluding hydrogens is 292 g/mol. The molecule has 1 aromatic heterocycles. The van der Waals surface area contributed by atoms with Crippen LogP contribution in [0.4, 0.5) is 0 Å². The van der Waals surface area contributed by atoms with Gasteiger partial charge in [-0.05, 0) is 54.5 Å². The van der Waals surface area contributed by atoms with E-state index in [1.807, 2.05) is 4.68 Å². The van der Waals surface area contributed by atoms with Crippen molar-refractivity contribution in [3.63, 3.8) is 0 Å². The summed E-state index contributed by atoms with van der Waals surface area (Å²) in [5.74, 6) is 1.18. The third-order valence-electron chi connectivity index (χ3n) is 4.16. The second-order valence-corrected chi connectivity index (χ2v) is 6.56. The van der Waals surface area contributed by atoms with E-state index in [1.54, 1.807) is 6.20 Å². The van der Waals surface area contributed by atoms with Gasteiger partial charge in [0, 0.05) is 6.04 Å². The first-order valence-corrected chi connectivity index (χ1v) is 7.74. The lowest BCUT2D eigenvalue weighted by Gasteiger charge is -2.21. The van der Waals surface area contributed by atoms with E-state index < -0.39 is 0 Å². The van der Waals surface area contributed by atoms with Crippen molar-refractivity contribution in [1.82, 2.24) is 9.78 Å². The van der Waals surface area contributed by atoms with Crippen molar-refractivity contribution in [2.75, 3.05) is 0 Å². The molecule has 102 valence electrons. The third kappa shape index (κ3) is 2.64. The minimum absolute atomic E-state index is 0.282. The van der Waals surface area contributed by atoms with Crippen LogP contribution in [0, 0.1) is 11.8 Å². The molecule has 1 N–H and O–H groups in total. The molecule has 0 aliphatic heterocycles. The predicted molar refractivity (Wildman–Crippen MR) is 76.4 cm³/mol. The van der Waals surface area contributed by atoms with Gasteiger partial charge in [0.1, 0.15) is 0 Å². The molecule has 3 unspecified atom stereocenters. The summed E-state index contributed by atoms with van der Waals surface area (Å²) in [6.45, 7) is 6.44. The summed E-state index contributed by atoms with van der Waals surface area (Å²) in [5.41, 5.74) is 0.951. The van der Waals surface area contributed by atoms with Gasteiger partial charge in [0.15, 0.2) is 0 Å². The molecule has 1 aliphatic carbocycles.